The molecule has 0 aliphatic heterocycles. The Morgan fingerprint density at radius 2 is 1.78 bits per heavy atom. The van der Waals surface area contributed by atoms with Gasteiger partial charge < -0.3 is 15.0 Å². The lowest BCUT2D eigenvalue weighted by molar-refractivity contribution is 0.242. The van der Waals surface area contributed by atoms with Crippen LogP contribution in [0, 0.1) is 0 Å². The van der Waals surface area contributed by atoms with Crippen LogP contribution in [0.2, 0.25) is 0 Å². The summed E-state index contributed by atoms with van der Waals surface area (Å²) in [6.07, 6.45) is 0.224. The Balaban J connectivity index is 2.73. The van der Waals surface area contributed by atoms with E-state index >= 15 is 0 Å². The molecule has 1 aromatic rings. The van der Waals surface area contributed by atoms with Gasteiger partial charge in [-0.15, -0.1) is 0 Å². The van der Waals surface area contributed by atoms with Crippen molar-refractivity contribution in [2.24, 2.45) is 0 Å². The predicted molar refractivity (Wildman–Crippen MR) is 77.2 cm³/mol. The number of rotatable bonds is 7. The minimum absolute atomic E-state index is 0.224. The summed E-state index contributed by atoms with van der Waals surface area (Å²) < 4.78 is 5.66. The van der Waals surface area contributed by atoms with Crippen molar-refractivity contribution in [2.75, 3.05) is 27.2 Å². The van der Waals surface area contributed by atoms with Crippen LogP contribution in [-0.4, -0.2) is 38.2 Å². The maximum atomic E-state index is 5.66. The molecular weight excluding hydrogens is 224 g/mol. The molecule has 3 nitrogen and oxygen atoms in total. The quantitative estimate of drug-likeness (QED) is 0.805. The van der Waals surface area contributed by atoms with Crippen LogP contribution in [0.25, 0.3) is 0 Å². The molecule has 0 aromatic heterocycles. The average molecular weight is 250 g/mol. The Morgan fingerprint density at radius 1 is 1.17 bits per heavy atom. The second-order valence-electron chi connectivity index (χ2n) is 5.02. The van der Waals surface area contributed by atoms with Gasteiger partial charge in [0.15, 0.2) is 0 Å². The highest BCUT2D eigenvalue weighted by Gasteiger charge is 2.13. The van der Waals surface area contributed by atoms with Crippen LogP contribution in [0.4, 0.5) is 0 Å². The van der Waals surface area contributed by atoms with Crippen LogP contribution in [0.15, 0.2) is 24.3 Å². The van der Waals surface area contributed by atoms with Gasteiger partial charge in [0.25, 0.3) is 0 Å². The van der Waals surface area contributed by atoms with Crippen molar-refractivity contribution in [1.29, 1.82) is 0 Å². The van der Waals surface area contributed by atoms with Crippen molar-refractivity contribution >= 4 is 0 Å². The predicted octanol–water partition coefficient (Wildman–Crippen LogP) is 2.69. The molecule has 0 saturated heterocycles. The zero-order valence-electron chi connectivity index (χ0n) is 12.2. The van der Waals surface area contributed by atoms with E-state index in [0.29, 0.717) is 6.04 Å². The monoisotopic (exact) mass is 250 g/mol. The summed E-state index contributed by atoms with van der Waals surface area (Å²) in [5.41, 5.74) is 1.32. The number of nitrogens with zero attached hydrogens (tertiary/aromatic N) is 1. The van der Waals surface area contributed by atoms with E-state index in [1.54, 1.807) is 0 Å². The van der Waals surface area contributed by atoms with Crippen molar-refractivity contribution in [3.8, 4) is 5.75 Å². The third kappa shape index (κ3) is 4.67. The molecule has 0 saturated carbocycles. The molecule has 1 atom stereocenters. The molecule has 102 valence electrons. The van der Waals surface area contributed by atoms with E-state index in [0.717, 1.165) is 18.8 Å². The molecule has 0 aliphatic rings. The van der Waals surface area contributed by atoms with Crippen LogP contribution in [0.1, 0.15) is 32.4 Å². The zero-order chi connectivity index (χ0) is 13.5. The highest BCUT2D eigenvalue weighted by Crippen LogP contribution is 2.21. The number of ether oxygens (including phenoxy) is 1. The van der Waals surface area contributed by atoms with Crippen LogP contribution < -0.4 is 10.1 Å². The molecule has 0 bridgehead atoms. The van der Waals surface area contributed by atoms with E-state index in [1.807, 2.05) is 13.8 Å². The molecule has 0 radical (unpaired) electrons. The Kier molecular flexibility index (Phi) is 6.16. The maximum Gasteiger partial charge on any atom is 0.119 e. The first-order valence-electron chi connectivity index (χ1n) is 6.68. The van der Waals surface area contributed by atoms with E-state index in [2.05, 4.69) is 55.5 Å². The fourth-order valence-electron chi connectivity index (χ4n) is 1.92. The van der Waals surface area contributed by atoms with Crippen LogP contribution in [0.5, 0.6) is 5.75 Å². The number of benzene rings is 1. The molecule has 1 aromatic carbocycles. The highest BCUT2D eigenvalue weighted by atomic mass is 16.5. The number of nitrogens with one attached hydrogen (secondary N) is 1. The first kappa shape index (κ1) is 15.0. The minimum atomic E-state index is 0.224. The van der Waals surface area contributed by atoms with E-state index in [4.69, 9.17) is 4.74 Å². The van der Waals surface area contributed by atoms with Crippen molar-refractivity contribution < 1.29 is 4.74 Å². The van der Waals surface area contributed by atoms with Crippen molar-refractivity contribution in [3.05, 3.63) is 29.8 Å². The van der Waals surface area contributed by atoms with Crippen LogP contribution in [0.3, 0.4) is 0 Å². The second-order valence-corrected chi connectivity index (χ2v) is 5.02. The van der Waals surface area contributed by atoms with Gasteiger partial charge in [0.2, 0.25) is 0 Å². The molecule has 0 amide bonds. The molecular formula is C15H26N2O. The molecule has 0 heterocycles. The lowest BCUT2D eigenvalue weighted by Crippen LogP contribution is -2.30. The Hall–Kier alpha value is -1.06. The normalized spacial score (nSPS) is 13.1. The lowest BCUT2D eigenvalue weighted by Gasteiger charge is -2.25. The SMILES string of the molecule is CCNCC(c1ccc(OC(C)C)cc1)N(C)C. The molecule has 0 aliphatic carbocycles. The molecule has 1 unspecified atom stereocenters. The number of likely N-dealkylation sites (N-methyl/N-ethyl adjacent to an activating group) is 2. The van der Waals surface area contributed by atoms with Crippen LogP contribution >= 0.6 is 0 Å². The van der Waals surface area contributed by atoms with Gasteiger partial charge in [-0.2, -0.15) is 0 Å². The Bertz CT molecular complexity index is 333. The van der Waals surface area contributed by atoms with E-state index in [1.165, 1.54) is 5.56 Å². The van der Waals surface area contributed by atoms with E-state index in [-0.39, 0.29) is 6.10 Å². The molecule has 18 heavy (non-hydrogen) atoms. The number of hydrogen-bond acceptors (Lipinski definition) is 3. The molecule has 1 rings (SSSR count). The standard InChI is InChI=1S/C15H26N2O/c1-6-16-11-15(17(4)5)13-7-9-14(10-8-13)18-12(2)3/h7-10,12,15-16H,6,11H2,1-5H3. The van der Waals surface area contributed by atoms with Gasteiger partial charge >= 0.3 is 0 Å². The molecule has 0 fully saturated rings. The summed E-state index contributed by atoms with van der Waals surface area (Å²) in [6, 6.07) is 8.81. The van der Waals surface area contributed by atoms with Crippen molar-refractivity contribution in [3.63, 3.8) is 0 Å². The summed E-state index contributed by atoms with van der Waals surface area (Å²) in [4.78, 5) is 2.24. The van der Waals surface area contributed by atoms with Gasteiger partial charge in [-0.1, -0.05) is 19.1 Å². The number of hydrogen-bond donors (Lipinski definition) is 1. The summed E-state index contributed by atoms with van der Waals surface area (Å²) in [5, 5.41) is 3.40. The minimum Gasteiger partial charge on any atom is -0.491 e. The largest absolute Gasteiger partial charge is 0.491 e. The summed E-state index contributed by atoms with van der Waals surface area (Å²) in [7, 11) is 4.22. The zero-order valence-corrected chi connectivity index (χ0v) is 12.2. The third-order valence-corrected chi connectivity index (χ3v) is 2.85. The van der Waals surface area contributed by atoms with E-state index in [9.17, 15) is 0 Å². The first-order valence-corrected chi connectivity index (χ1v) is 6.68. The summed E-state index contributed by atoms with van der Waals surface area (Å²) >= 11 is 0. The molecule has 0 spiro atoms. The van der Waals surface area contributed by atoms with Gasteiger partial charge in [0.1, 0.15) is 5.75 Å². The summed E-state index contributed by atoms with van der Waals surface area (Å²) in [5.74, 6) is 0.940. The lowest BCUT2D eigenvalue weighted by atomic mass is 10.1. The average Bonchev–Trinajstić information content (AvgIpc) is 2.30. The Morgan fingerprint density at radius 3 is 2.22 bits per heavy atom. The molecule has 1 N–H and O–H groups in total. The van der Waals surface area contributed by atoms with Gasteiger partial charge in [-0.25, -0.2) is 0 Å². The Labute approximate surface area is 111 Å². The third-order valence-electron chi connectivity index (χ3n) is 2.85. The van der Waals surface area contributed by atoms with Gasteiger partial charge in [0.05, 0.1) is 6.10 Å². The van der Waals surface area contributed by atoms with Crippen molar-refractivity contribution in [1.82, 2.24) is 10.2 Å². The smallest absolute Gasteiger partial charge is 0.119 e. The molecule has 3 heteroatoms. The van der Waals surface area contributed by atoms with Crippen molar-refractivity contribution in [2.45, 2.75) is 32.9 Å². The van der Waals surface area contributed by atoms with Gasteiger partial charge in [0, 0.05) is 12.6 Å². The first-order chi connectivity index (χ1) is 8.54. The fourth-order valence-corrected chi connectivity index (χ4v) is 1.92. The maximum absolute atomic E-state index is 5.66. The topological polar surface area (TPSA) is 24.5 Å². The van der Waals surface area contributed by atoms with E-state index < -0.39 is 0 Å². The van der Waals surface area contributed by atoms with Gasteiger partial charge in [-0.05, 0) is 52.2 Å². The fraction of sp³-hybridized carbons (Fsp3) is 0.600. The highest BCUT2D eigenvalue weighted by molar-refractivity contribution is 5.29. The van der Waals surface area contributed by atoms with Gasteiger partial charge in [-0.3, -0.25) is 0 Å². The summed E-state index contributed by atoms with van der Waals surface area (Å²) in [6.45, 7) is 8.18. The second kappa shape index (κ2) is 7.39. The van der Waals surface area contributed by atoms with Crippen LogP contribution in [-0.2, 0) is 0 Å².